The average Bonchev–Trinajstić information content (AvgIpc) is 3.39. The Morgan fingerprint density at radius 3 is 2.91 bits per heavy atom. The smallest absolute Gasteiger partial charge is 0.272 e. The van der Waals surface area contributed by atoms with E-state index in [0.717, 1.165) is 48.6 Å². The number of oxazole rings is 1. The highest BCUT2D eigenvalue weighted by atomic mass is 16.5. The Hall–Kier alpha value is -3.09. The van der Waals surface area contributed by atoms with Crippen LogP contribution in [0.5, 0.6) is 5.75 Å². The Kier molecular flexibility index (Phi) is 6.63. The van der Waals surface area contributed by atoms with Gasteiger partial charge in [-0.3, -0.25) is 9.48 Å². The van der Waals surface area contributed by atoms with E-state index in [2.05, 4.69) is 23.9 Å². The molecule has 7 nitrogen and oxygen atoms in total. The maximum atomic E-state index is 13.2. The van der Waals surface area contributed by atoms with Crippen LogP contribution in [-0.2, 0) is 19.9 Å². The van der Waals surface area contributed by atoms with Crippen LogP contribution < -0.4 is 4.74 Å². The number of hydrogen-bond acceptors (Lipinski definition) is 5. The van der Waals surface area contributed by atoms with Crippen molar-refractivity contribution in [3.63, 3.8) is 0 Å². The molecule has 0 N–H and O–H groups in total. The lowest BCUT2D eigenvalue weighted by Crippen LogP contribution is -2.40. The third kappa shape index (κ3) is 4.87. The topological polar surface area (TPSA) is 73.4 Å². The van der Waals surface area contributed by atoms with Crippen LogP contribution in [0.15, 0.2) is 40.9 Å². The van der Waals surface area contributed by atoms with Crippen LogP contribution in [0, 0.1) is 5.92 Å². The fourth-order valence-electron chi connectivity index (χ4n) is 4.40. The van der Waals surface area contributed by atoms with Crippen LogP contribution in [-0.4, -0.2) is 45.8 Å². The number of amides is 1. The van der Waals surface area contributed by atoms with Gasteiger partial charge in [0.15, 0.2) is 5.89 Å². The van der Waals surface area contributed by atoms with Gasteiger partial charge in [-0.15, -0.1) is 0 Å². The largest absolute Gasteiger partial charge is 0.496 e. The second-order valence-corrected chi connectivity index (χ2v) is 8.99. The van der Waals surface area contributed by atoms with Gasteiger partial charge in [-0.25, -0.2) is 4.98 Å². The summed E-state index contributed by atoms with van der Waals surface area (Å²) in [6.07, 6.45) is 5.18. The highest BCUT2D eigenvalue weighted by Gasteiger charge is 2.30. The molecule has 0 saturated carbocycles. The van der Waals surface area contributed by atoms with Gasteiger partial charge < -0.3 is 14.1 Å². The van der Waals surface area contributed by atoms with Crippen LogP contribution >= 0.6 is 0 Å². The molecule has 3 heterocycles. The van der Waals surface area contributed by atoms with Crippen molar-refractivity contribution < 1.29 is 13.9 Å². The average molecular weight is 437 g/mol. The summed E-state index contributed by atoms with van der Waals surface area (Å²) in [6, 6.07) is 9.86. The molecule has 0 radical (unpaired) electrons. The maximum Gasteiger partial charge on any atom is 0.272 e. The second-order valence-electron chi connectivity index (χ2n) is 8.99. The maximum absolute atomic E-state index is 13.2. The Morgan fingerprint density at radius 2 is 2.12 bits per heavy atom. The molecule has 1 aliphatic heterocycles. The normalized spacial score (nSPS) is 16.5. The predicted octanol–water partition coefficient (Wildman–Crippen LogP) is 4.23. The van der Waals surface area contributed by atoms with Crippen molar-refractivity contribution in [1.29, 1.82) is 0 Å². The minimum Gasteiger partial charge on any atom is -0.496 e. The Balaban J connectivity index is 1.44. The molecule has 1 fully saturated rings. The number of carbonyl (C=O) groups is 1. The first-order valence-corrected chi connectivity index (χ1v) is 11.3. The number of piperidine rings is 1. The zero-order valence-corrected chi connectivity index (χ0v) is 19.4. The molecule has 7 heteroatoms. The number of aromatic nitrogens is 3. The Labute approximate surface area is 189 Å². The zero-order chi connectivity index (χ0) is 22.7. The van der Waals surface area contributed by atoms with E-state index in [1.165, 1.54) is 0 Å². The molecule has 1 aromatic carbocycles. The summed E-state index contributed by atoms with van der Waals surface area (Å²) < 4.78 is 13.3. The molecule has 3 aromatic rings. The zero-order valence-electron chi connectivity index (χ0n) is 19.4. The van der Waals surface area contributed by atoms with Crippen LogP contribution in [0.2, 0.25) is 0 Å². The number of nitrogens with zero attached hydrogens (tertiary/aromatic N) is 4. The summed E-state index contributed by atoms with van der Waals surface area (Å²) in [6.45, 7) is 5.67. The highest BCUT2D eigenvalue weighted by molar-refractivity contribution is 5.92. The van der Waals surface area contributed by atoms with Gasteiger partial charge in [0.05, 0.1) is 24.9 Å². The SMILES string of the molecule is COc1ccccc1Cc1cnc(C2CCCN(C(=O)c3cc(CC(C)C)nn3C)C2)o1. The van der Waals surface area contributed by atoms with E-state index in [0.29, 0.717) is 30.5 Å². The quantitative estimate of drug-likeness (QED) is 0.554. The van der Waals surface area contributed by atoms with Crippen LogP contribution in [0.1, 0.15) is 66.0 Å². The van der Waals surface area contributed by atoms with E-state index in [1.807, 2.05) is 42.3 Å². The molecule has 2 aromatic heterocycles. The summed E-state index contributed by atoms with van der Waals surface area (Å²) in [7, 11) is 3.52. The molecule has 1 atom stereocenters. The van der Waals surface area contributed by atoms with Gasteiger partial charge in [-0.1, -0.05) is 32.0 Å². The third-order valence-corrected chi connectivity index (χ3v) is 5.95. The van der Waals surface area contributed by atoms with Gasteiger partial charge >= 0.3 is 0 Å². The molecular formula is C25H32N4O3. The standard InChI is InChI=1S/C25H32N4O3/c1-17(2)12-20-14-22(28(3)27-20)25(30)29-11-7-9-19(16-29)24-26-15-21(32-24)13-18-8-5-6-10-23(18)31-4/h5-6,8,10,14-15,17,19H,7,9,11-13,16H2,1-4H3. The predicted molar refractivity (Wildman–Crippen MR) is 122 cm³/mol. The fourth-order valence-corrected chi connectivity index (χ4v) is 4.40. The van der Waals surface area contributed by atoms with Crippen LogP contribution in [0.4, 0.5) is 0 Å². The number of methoxy groups -OCH3 is 1. The number of benzene rings is 1. The molecule has 32 heavy (non-hydrogen) atoms. The number of likely N-dealkylation sites (tertiary alicyclic amines) is 1. The van der Waals surface area contributed by atoms with Crippen molar-refractivity contribution in [3.05, 3.63) is 65.1 Å². The van der Waals surface area contributed by atoms with Gasteiger partial charge in [0, 0.05) is 32.1 Å². The van der Waals surface area contributed by atoms with Crippen molar-refractivity contribution in [2.45, 2.75) is 45.4 Å². The van der Waals surface area contributed by atoms with Gasteiger partial charge in [0.25, 0.3) is 5.91 Å². The van der Waals surface area contributed by atoms with E-state index >= 15 is 0 Å². The van der Waals surface area contributed by atoms with Gasteiger partial charge in [0.2, 0.25) is 0 Å². The van der Waals surface area contributed by atoms with E-state index in [-0.39, 0.29) is 11.8 Å². The molecule has 1 amide bonds. The summed E-state index contributed by atoms with van der Waals surface area (Å²) in [4.78, 5) is 19.7. The third-order valence-electron chi connectivity index (χ3n) is 5.95. The van der Waals surface area contributed by atoms with E-state index in [1.54, 1.807) is 18.0 Å². The number of aryl methyl sites for hydroxylation is 1. The molecule has 170 valence electrons. The van der Waals surface area contributed by atoms with E-state index in [4.69, 9.17) is 9.15 Å². The first-order chi connectivity index (χ1) is 15.4. The summed E-state index contributed by atoms with van der Waals surface area (Å²) in [5.74, 6) is 2.98. The first-order valence-electron chi connectivity index (χ1n) is 11.3. The molecule has 1 unspecified atom stereocenters. The van der Waals surface area contributed by atoms with Crippen molar-refractivity contribution in [2.75, 3.05) is 20.2 Å². The molecule has 0 bridgehead atoms. The van der Waals surface area contributed by atoms with Gasteiger partial charge in [-0.05, 0) is 37.3 Å². The first kappa shape index (κ1) is 22.1. The Bertz CT molecular complexity index is 1070. The number of hydrogen-bond donors (Lipinski definition) is 0. The fraction of sp³-hybridized carbons (Fsp3) is 0.480. The minimum atomic E-state index is 0.0282. The molecule has 0 spiro atoms. The molecule has 1 saturated heterocycles. The lowest BCUT2D eigenvalue weighted by Gasteiger charge is -2.31. The van der Waals surface area contributed by atoms with Crippen LogP contribution in [0.3, 0.4) is 0 Å². The number of carbonyl (C=O) groups excluding carboxylic acids is 1. The number of ether oxygens (including phenoxy) is 1. The van der Waals surface area contributed by atoms with Crippen molar-refractivity contribution in [1.82, 2.24) is 19.7 Å². The van der Waals surface area contributed by atoms with Gasteiger partial charge in [-0.2, -0.15) is 5.10 Å². The minimum absolute atomic E-state index is 0.0282. The van der Waals surface area contributed by atoms with Crippen molar-refractivity contribution in [3.8, 4) is 5.75 Å². The number of para-hydroxylation sites is 1. The molecular weight excluding hydrogens is 404 g/mol. The van der Waals surface area contributed by atoms with Crippen molar-refractivity contribution >= 4 is 5.91 Å². The van der Waals surface area contributed by atoms with E-state index < -0.39 is 0 Å². The Morgan fingerprint density at radius 1 is 1.31 bits per heavy atom. The summed E-state index contributed by atoms with van der Waals surface area (Å²) >= 11 is 0. The molecule has 1 aliphatic rings. The lowest BCUT2D eigenvalue weighted by atomic mass is 9.97. The van der Waals surface area contributed by atoms with Crippen LogP contribution in [0.25, 0.3) is 0 Å². The second kappa shape index (κ2) is 9.59. The summed E-state index contributed by atoms with van der Waals surface area (Å²) in [5.41, 5.74) is 2.67. The lowest BCUT2D eigenvalue weighted by molar-refractivity contribution is 0.0686. The summed E-state index contributed by atoms with van der Waals surface area (Å²) in [5, 5.41) is 4.53. The highest BCUT2D eigenvalue weighted by Crippen LogP contribution is 2.29. The number of rotatable bonds is 7. The monoisotopic (exact) mass is 436 g/mol. The molecule has 4 rings (SSSR count). The molecule has 0 aliphatic carbocycles. The van der Waals surface area contributed by atoms with E-state index in [9.17, 15) is 4.79 Å². The van der Waals surface area contributed by atoms with Crippen molar-refractivity contribution in [2.24, 2.45) is 13.0 Å². The van der Waals surface area contributed by atoms with Gasteiger partial charge in [0.1, 0.15) is 17.2 Å².